The molecule has 1 rings (SSSR count). The van der Waals surface area contributed by atoms with E-state index in [1.165, 1.54) is 0 Å². The van der Waals surface area contributed by atoms with Crippen LogP contribution in [-0.4, -0.2) is 41.3 Å². The summed E-state index contributed by atoms with van der Waals surface area (Å²) in [4.78, 5) is 8.76. The molecule has 90 valence electrons. The van der Waals surface area contributed by atoms with Gasteiger partial charge in [-0.25, -0.2) is 9.97 Å². The highest BCUT2D eigenvalue weighted by molar-refractivity contribution is 7.98. The first-order chi connectivity index (χ1) is 7.80. The van der Waals surface area contributed by atoms with Crippen LogP contribution in [0.3, 0.4) is 0 Å². The van der Waals surface area contributed by atoms with E-state index in [1.807, 2.05) is 24.1 Å². The zero-order valence-corrected chi connectivity index (χ0v) is 11.5. The molecule has 2 N–H and O–H groups in total. The average Bonchev–Trinajstić information content (AvgIpc) is 2.29. The molecular weight excluding hydrogens is 240 g/mol. The van der Waals surface area contributed by atoms with E-state index in [9.17, 15) is 0 Å². The molecule has 0 saturated heterocycles. The SMILES string of the molecule is CCNc1cc(NCCSC)nc(SC)n1. The number of hydrogen-bond acceptors (Lipinski definition) is 6. The van der Waals surface area contributed by atoms with Crippen molar-refractivity contribution in [3.63, 3.8) is 0 Å². The molecule has 0 spiro atoms. The van der Waals surface area contributed by atoms with Gasteiger partial charge in [0.15, 0.2) is 5.16 Å². The van der Waals surface area contributed by atoms with Gasteiger partial charge in [-0.2, -0.15) is 11.8 Å². The molecule has 0 atom stereocenters. The summed E-state index contributed by atoms with van der Waals surface area (Å²) in [6.45, 7) is 3.86. The van der Waals surface area contributed by atoms with Crippen molar-refractivity contribution in [2.75, 3.05) is 42.0 Å². The van der Waals surface area contributed by atoms with Gasteiger partial charge in [0.25, 0.3) is 0 Å². The van der Waals surface area contributed by atoms with Crippen LogP contribution in [0, 0.1) is 0 Å². The fourth-order valence-electron chi connectivity index (χ4n) is 1.16. The fourth-order valence-corrected chi connectivity index (χ4v) is 1.85. The minimum Gasteiger partial charge on any atom is -0.370 e. The van der Waals surface area contributed by atoms with Crippen molar-refractivity contribution in [2.45, 2.75) is 12.1 Å². The Balaban J connectivity index is 2.69. The summed E-state index contributed by atoms with van der Waals surface area (Å²) in [7, 11) is 0. The zero-order valence-electron chi connectivity index (χ0n) is 9.91. The number of anilines is 2. The lowest BCUT2D eigenvalue weighted by atomic mass is 10.5. The molecule has 0 aliphatic heterocycles. The molecule has 4 nitrogen and oxygen atoms in total. The van der Waals surface area contributed by atoms with Gasteiger partial charge in [-0.3, -0.25) is 0 Å². The molecule has 0 aliphatic carbocycles. The molecule has 16 heavy (non-hydrogen) atoms. The Morgan fingerprint density at radius 2 is 1.88 bits per heavy atom. The first-order valence-electron chi connectivity index (χ1n) is 5.20. The Labute approximate surface area is 105 Å². The van der Waals surface area contributed by atoms with Crippen LogP contribution in [0.4, 0.5) is 11.6 Å². The molecule has 1 heterocycles. The second kappa shape index (κ2) is 7.62. The van der Waals surface area contributed by atoms with E-state index >= 15 is 0 Å². The molecule has 0 radical (unpaired) electrons. The van der Waals surface area contributed by atoms with Crippen molar-refractivity contribution >= 4 is 35.2 Å². The van der Waals surface area contributed by atoms with Crippen LogP contribution in [0.2, 0.25) is 0 Å². The highest BCUT2D eigenvalue weighted by Gasteiger charge is 2.02. The number of nitrogens with one attached hydrogen (secondary N) is 2. The standard InChI is InChI=1S/C10H18N4S2/c1-4-11-8-7-9(12-5-6-15-2)14-10(13-8)16-3/h7H,4-6H2,1-3H3,(H2,11,12,13,14). The summed E-state index contributed by atoms with van der Waals surface area (Å²) in [6, 6.07) is 1.95. The molecule has 6 heteroatoms. The Kier molecular flexibility index (Phi) is 6.40. The summed E-state index contributed by atoms with van der Waals surface area (Å²) in [5.41, 5.74) is 0. The van der Waals surface area contributed by atoms with E-state index in [2.05, 4.69) is 33.8 Å². The Morgan fingerprint density at radius 3 is 2.44 bits per heavy atom. The lowest BCUT2D eigenvalue weighted by Crippen LogP contribution is -2.08. The van der Waals surface area contributed by atoms with E-state index < -0.39 is 0 Å². The topological polar surface area (TPSA) is 49.8 Å². The first kappa shape index (κ1) is 13.4. The third-order valence-electron chi connectivity index (χ3n) is 1.86. The molecule has 0 aromatic carbocycles. The molecular formula is C10H18N4S2. The van der Waals surface area contributed by atoms with Crippen molar-refractivity contribution in [2.24, 2.45) is 0 Å². The molecule has 1 aromatic rings. The van der Waals surface area contributed by atoms with Crippen LogP contribution in [-0.2, 0) is 0 Å². The average molecular weight is 258 g/mol. The van der Waals surface area contributed by atoms with Crippen molar-refractivity contribution in [1.82, 2.24) is 9.97 Å². The Bertz CT molecular complexity index is 320. The number of hydrogen-bond donors (Lipinski definition) is 2. The van der Waals surface area contributed by atoms with Gasteiger partial charge >= 0.3 is 0 Å². The normalized spacial score (nSPS) is 10.2. The quantitative estimate of drug-likeness (QED) is 0.445. The largest absolute Gasteiger partial charge is 0.370 e. The zero-order chi connectivity index (χ0) is 11.8. The first-order valence-corrected chi connectivity index (χ1v) is 7.81. The number of thioether (sulfide) groups is 2. The molecule has 0 unspecified atom stereocenters. The van der Waals surface area contributed by atoms with Gasteiger partial charge in [0.2, 0.25) is 0 Å². The summed E-state index contributed by atoms with van der Waals surface area (Å²) in [5.74, 6) is 2.85. The predicted octanol–water partition coefficient (Wildman–Crippen LogP) is 2.41. The van der Waals surface area contributed by atoms with Crippen molar-refractivity contribution < 1.29 is 0 Å². The van der Waals surface area contributed by atoms with Gasteiger partial charge in [-0.1, -0.05) is 11.8 Å². The smallest absolute Gasteiger partial charge is 0.191 e. The summed E-state index contributed by atoms with van der Waals surface area (Å²) >= 11 is 3.37. The minimum atomic E-state index is 0.796. The van der Waals surface area contributed by atoms with Gasteiger partial charge in [-0.05, 0) is 19.4 Å². The molecule has 0 saturated carbocycles. The minimum absolute atomic E-state index is 0.796. The molecule has 0 amide bonds. The molecule has 0 bridgehead atoms. The maximum absolute atomic E-state index is 4.40. The summed E-state index contributed by atoms with van der Waals surface area (Å²) < 4.78 is 0. The highest BCUT2D eigenvalue weighted by Crippen LogP contribution is 2.17. The van der Waals surface area contributed by atoms with Crippen LogP contribution in [0.5, 0.6) is 0 Å². The summed E-state index contributed by atoms with van der Waals surface area (Å²) in [5, 5.41) is 7.29. The molecule has 0 aliphatic rings. The van der Waals surface area contributed by atoms with Crippen molar-refractivity contribution in [1.29, 1.82) is 0 Å². The van der Waals surface area contributed by atoms with E-state index in [-0.39, 0.29) is 0 Å². The lowest BCUT2D eigenvalue weighted by molar-refractivity contribution is 0.956. The van der Waals surface area contributed by atoms with Crippen molar-refractivity contribution in [3.8, 4) is 0 Å². The lowest BCUT2D eigenvalue weighted by Gasteiger charge is -2.09. The summed E-state index contributed by atoms with van der Waals surface area (Å²) in [6.07, 6.45) is 4.08. The Hall–Kier alpha value is -0.620. The van der Waals surface area contributed by atoms with Gasteiger partial charge in [0.1, 0.15) is 11.6 Å². The van der Waals surface area contributed by atoms with Crippen LogP contribution < -0.4 is 10.6 Å². The molecule has 0 fully saturated rings. The maximum atomic E-state index is 4.40. The maximum Gasteiger partial charge on any atom is 0.191 e. The van der Waals surface area contributed by atoms with Crippen molar-refractivity contribution in [3.05, 3.63) is 6.07 Å². The van der Waals surface area contributed by atoms with Gasteiger partial charge in [-0.15, -0.1) is 0 Å². The van der Waals surface area contributed by atoms with Gasteiger partial charge < -0.3 is 10.6 Å². The number of nitrogens with zero attached hydrogens (tertiary/aromatic N) is 2. The molecule has 1 aromatic heterocycles. The second-order valence-electron chi connectivity index (χ2n) is 3.08. The van der Waals surface area contributed by atoms with E-state index in [0.717, 1.165) is 35.6 Å². The number of rotatable bonds is 7. The second-order valence-corrected chi connectivity index (χ2v) is 4.83. The third kappa shape index (κ3) is 4.49. The van der Waals surface area contributed by atoms with Crippen LogP contribution >= 0.6 is 23.5 Å². The van der Waals surface area contributed by atoms with Crippen LogP contribution in [0.1, 0.15) is 6.92 Å². The monoisotopic (exact) mass is 258 g/mol. The van der Waals surface area contributed by atoms with Crippen LogP contribution in [0.15, 0.2) is 11.2 Å². The highest BCUT2D eigenvalue weighted by atomic mass is 32.2. The van der Waals surface area contributed by atoms with E-state index in [1.54, 1.807) is 11.8 Å². The van der Waals surface area contributed by atoms with Gasteiger partial charge in [0.05, 0.1) is 0 Å². The van der Waals surface area contributed by atoms with Crippen LogP contribution in [0.25, 0.3) is 0 Å². The Morgan fingerprint density at radius 1 is 1.19 bits per heavy atom. The van der Waals surface area contributed by atoms with E-state index in [4.69, 9.17) is 0 Å². The van der Waals surface area contributed by atoms with E-state index in [0.29, 0.717) is 0 Å². The number of aromatic nitrogens is 2. The van der Waals surface area contributed by atoms with Gasteiger partial charge in [0, 0.05) is 24.9 Å². The predicted molar refractivity (Wildman–Crippen MR) is 74.8 cm³/mol. The third-order valence-corrected chi connectivity index (χ3v) is 3.02. The fraction of sp³-hybridized carbons (Fsp3) is 0.600.